The molecule has 1 nitrogen and oxygen atoms in total. The molecule has 85 valence electrons. The number of hydrogen-bond donors (Lipinski definition) is 0. The summed E-state index contributed by atoms with van der Waals surface area (Å²) in [4.78, 5) is 0. The Bertz CT molecular complexity index is 185. The normalized spacial score (nSPS) is 14.6. The quantitative estimate of drug-likeness (QED) is 0.653. The van der Waals surface area contributed by atoms with E-state index >= 15 is 0 Å². The van der Waals surface area contributed by atoms with Crippen molar-refractivity contribution in [2.75, 3.05) is 13.1 Å². The lowest BCUT2D eigenvalue weighted by Gasteiger charge is -2.27. The molecule has 0 bridgehead atoms. The Balaban J connectivity index is 4.69. The Hall–Kier alpha value is -0.530. The van der Waals surface area contributed by atoms with Gasteiger partial charge in [-0.1, -0.05) is 6.92 Å². The van der Waals surface area contributed by atoms with Gasteiger partial charge in [0.15, 0.2) is 0 Å². The Kier molecular flexibility index (Phi) is 3.77. The molecule has 0 amide bonds. The van der Waals surface area contributed by atoms with E-state index in [9.17, 15) is 30.7 Å². The van der Waals surface area contributed by atoms with Gasteiger partial charge in [-0.05, 0) is 0 Å². The second-order valence-corrected chi connectivity index (χ2v) is 2.47. The third-order valence-electron chi connectivity index (χ3n) is 1.35. The van der Waals surface area contributed by atoms with Gasteiger partial charge in [-0.15, -0.1) is 0 Å². The van der Waals surface area contributed by atoms with Gasteiger partial charge in [0.2, 0.25) is 0 Å². The number of halogens is 7. The van der Waals surface area contributed by atoms with Crippen LogP contribution in [0.4, 0.5) is 30.7 Å². The molecule has 0 fully saturated rings. The molecule has 0 N–H and O–H groups in total. The van der Waals surface area contributed by atoms with Gasteiger partial charge >= 0.3 is 18.0 Å². The van der Waals surface area contributed by atoms with Crippen LogP contribution in [0.3, 0.4) is 0 Å². The first-order chi connectivity index (χ1) is 6.06. The first-order valence-corrected chi connectivity index (χ1v) is 3.52. The fourth-order valence-corrected chi connectivity index (χ4v) is 0.559. The van der Waals surface area contributed by atoms with Gasteiger partial charge < -0.3 is 0 Å². The highest BCUT2D eigenvalue weighted by Crippen LogP contribution is 2.46. The highest BCUT2D eigenvalue weighted by molar-refractivity contribution is 4.92. The van der Waals surface area contributed by atoms with E-state index in [0.717, 1.165) is 0 Å². The fourth-order valence-electron chi connectivity index (χ4n) is 0.559. The second-order valence-electron chi connectivity index (χ2n) is 2.47. The van der Waals surface area contributed by atoms with E-state index in [-0.39, 0.29) is 6.54 Å². The van der Waals surface area contributed by atoms with Crippen molar-refractivity contribution in [3.63, 3.8) is 0 Å². The zero-order chi connectivity index (χ0) is 11.6. The van der Waals surface area contributed by atoms with E-state index in [4.69, 9.17) is 0 Å². The molecule has 0 saturated carbocycles. The molecule has 0 unspecified atom stereocenters. The Morgan fingerprint density at radius 2 is 1.36 bits per heavy atom. The van der Waals surface area contributed by atoms with Gasteiger partial charge in [-0.3, -0.25) is 0 Å². The molecule has 14 heavy (non-hydrogen) atoms. The lowest BCUT2D eigenvalue weighted by atomic mass is 10.1. The summed E-state index contributed by atoms with van der Waals surface area (Å²) >= 11 is 0. The summed E-state index contributed by atoms with van der Waals surface area (Å²) < 4.78 is 83.3. The molecule has 0 aliphatic rings. The monoisotopic (exact) mass is 226 g/mol. The molecule has 0 atom stereocenters. The Morgan fingerprint density at radius 1 is 0.929 bits per heavy atom. The topological polar surface area (TPSA) is 14.1 Å². The van der Waals surface area contributed by atoms with Crippen LogP contribution in [0.1, 0.15) is 6.92 Å². The number of hydrogen-bond acceptors (Lipinski definition) is 0. The number of alkyl halides is 7. The zero-order valence-corrected chi connectivity index (χ0v) is 7.01. The molecule has 0 aliphatic heterocycles. The van der Waals surface area contributed by atoms with E-state index in [1.165, 1.54) is 6.92 Å². The number of rotatable bonds is 4. The van der Waals surface area contributed by atoms with Crippen molar-refractivity contribution in [3.05, 3.63) is 0 Å². The van der Waals surface area contributed by atoms with Crippen LogP contribution in [-0.4, -0.2) is 31.1 Å². The maximum Gasteiger partial charge on any atom is 0.459 e. The van der Waals surface area contributed by atoms with Gasteiger partial charge in [0.1, 0.15) is 0 Å². The molecular formula is C6H7F7N. The molecule has 0 heterocycles. The van der Waals surface area contributed by atoms with Gasteiger partial charge in [0.05, 0.1) is 6.54 Å². The summed E-state index contributed by atoms with van der Waals surface area (Å²) in [6.45, 7) is -0.832. The minimum absolute atomic E-state index is 0.247. The van der Waals surface area contributed by atoms with Crippen LogP contribution in [0.2, 0.25) is 0 Å². The van der Waals surface area contributed by atoms with E-state index in [2.05, 4.69) is 5.32 Å². The molecule has 0 aromatic carbocycles. The molecule has 1 radical (unpaired) electrons. The van der Waals surface area contributed by atoms with Crippen molar-refractivity contribution in [1.82, 2.24) is 5.32 Å². The summed E-state index contributed by atoms with van der Waals surface area (Å²) in [5.74, 6) is -11.2. The summed E-state index contributed by atoms with van der Waals surface area (Å²) in [6.07, 6.45) is -6.26. The van der Waals surface area contributed by atoms with E-state index in [1.807, 2.05) is 0 Å². The van der Waals surface area contributed by atoms with Crippen LogP contribution >= 0.6 is 0 Å². The summed E-state index contributed by atoms with van der Waals surface area (Å²) in [6, 6.07) is 0. The SMILES string of the molecule is CC[N]CC(F)(F)C(F)(F)C(F)(F)F. The Labute approximate surface area is 75.3 Å². The minimum Gasteiger partial charge on any atom is -0.236 e. The first-order valence-electron chi connectivity index (χ1n) is 3.52. The lowest BCUT2D eigenvalue weighted by Crippen LogP contribution is -2.55. The average Bonchev–Trinajstić information content (AvgIpc) is 1.98. The van der Waals surface area contributed by atoms with E-state index in [0.29, 0.717) is 0 Å². The average molecular weight is 226 g/mol. The van der Waals surface area contributed by atoms with Crippen molar-refractivity contribution in [3.8, 4) is 0 Å². The maximum absolute atomic E-state index is 12.3. The maximum atomic E-state index is 12.3. The molecule has 0 rings (SSSR count). The zero-order valence-electron chi connectivity index (χ0n) is 7.01. The fraction of sp³-hybridized carbons (Fsp3) is 1.00. The third-order valence-corrected chi connectivity index (χ3v) is 1.35. The molecule has 0 aromatic rings. The summed E-state index contributed by atoms with van der Waals surface area (Å²) in [5, 5.41) is 2.79. The van der Waals surface area contributed by atoms with Crippen LogP contribution < -0.4 is 5.32 Å². The molecule has 0 saturated heterocycles. The molecule has 0 aliphatic carbocycles. The van der Waals surface area contributed by atoms with Crippen LogP contribution in [0.25, 0.3) is 0 Å². The summed E-state index contributed by atoms with van der Waals surface area (Å²) in [7, 11) is 0. The van der Waals surface area contributed by atoms with E-state index < -0.39 is 24.6 Å². The van der Waals surface area contributed by atoms with Crippen LogP contribution in [0.5, 0.6) is 0 Å². The highest BCUT2D eigenvalue weighted by Gasteiger charge is 2.72. The lowest BCUT2D eigenvalue weighted by molar-refractivity contribution is -0.352. The Morgan fingerprint density at radius 3 is 1.64 bits per heavy atom. The van der Waals surface area contributed by atoms with Crippen molar-refractivity contribution >= 4 is 0 Å². The van der Waals surface area contributed by atoms with Crippen molar-refractivity contribution < 1.29 is 30.7 Å². The smallest absolute Gasteiger partial charge is 0.236 e. The van der Waals surface area contributed by atoms with Crippen LogP contribution in [-0.2, 0) is 0 Å². The van der Waals surface area contributed by atoms with Crippen molar-refractivity contribution in [1.29, 1.82) is 0 Å². The van der Waals surface area contributed by atoms with Crippen molar-refractivity contribution in [2.24, 2.45) is 0 Å². The van der Waals surface area contributed by atoms with Crippen molar-refractivity contribution in [2.45, 2.75) is 24.9 Å². The van der Waals surface area contributed by atoms with Gasteiger partial charge in [0, 0.05) is 6.54 Å². The minimum atomic E-state index is -6.26. The highest BCUT2D eigenvalue weighted by atomic mass is 19.4. The molecule has 8 heteroatoms. The predicted molar refractivity (Wildman–Crippen MR) is 33.5 cm³/mol. The van der Waals surface area contributed by atoms with Gasteiger partial charge in [-0.2, -0.15) is 30.7 Å². The standard InChI is InChI=1S/C6H7F7N/c1-2-14-3-4(7,8)5(9,10)6(11,12)13/h2-3H2,1H3. The second kappa shape index (κ2) is 3.92. The first kappa shape index (κ1) is 13.5. The molecule has 0 spiro atoms. The largest absolute Gasteiger partial charge is 0.459 e. The van der Waals surface area contributed by atoms with Crippen LogP contribution in [0, 0.1) is 0 Å². The van der Waals surface area contributed by atoms with Gasteiger partial charge in [-0.25, -0.2) is 5.32 Å². The molecular weight excluding hydrogens is 219 g/mol. The predicted octanol–water partition coefficient (Wildman–Crippen LogP) is 2.44. The van der Waals surface area contributed by atoms with Crippen LogP contribution in [0.15, 0.2) is 0 Å². The summed E-state index contributed by atoms with van der Waals surface area (Å²) in [5.41, 5.74) is 0. The third kappa shape index (κ3) is 2.49. The number of nitrogens with zero attached hydrogens (tertiary/aromatic N) is 1. The van der Waals surface area contributed by atoms with Gasteiger partial charge in [0.25, 0.3) is 0 Å². The van der Waals surface area contributed by atoms with E-state index in [1.54, 1.807) is 0 Å². The molecule has 0 aromatic heterocycles.